The normalized spacial score (nSPS) is 18.3. The van der Waals surface area contributed by atoms with Crippen LogP contribution in [0.5, 0.6) is 0 Å². The second-order valence-corrected chi connectivity index (χ2v) is 7.94. The van der Waals surface area contributed by atoms with Crippen molar-refractivity contribution < 1.29 is 0 Å². The van der Waals surface area contributed by atoms with E-state index in [1.807, 2.05) is 12.1 Å². The van der Waals surface area contributed by atoms with E-state index in [0.717, 1.165) is 52.1 Å². The molecule has 4 aromatic rings. The highest BCUT2D eigenvalue weighted by molar-refractivity contribution is 6.12. The molecule has 0 spiro atoms. The van der Waals surface area contributed by atoms with Gasteiger partial charge in [-0.25, -0.2) is 4.98 Å². The van der Waals surface area contributed by atoms with Gasteiger partial charge in [0.25, 0.3) is 0 Å². The van der Waals surface area contributed by atoms with Gasteiger partial charge < -0.3 is 5.32 Å². The largest absolute Gasteiger partial charge is 0.358 e. The summed E-state index contributed by atoms with van der Waals surface area (Å²) in [7, 11) is 0. The highest BCUT2D eigenvalue weighted by Gasteiger charge is 2.36. The molecule has 5 rings (SSSR count). The molecule has 1 unspecified atom stereocenters. The number of amidine groups is 1. The maximum absolute atomic E-state index is 5.03. The third-order valence-electron chi connectivity index (χ3n) is 6.21. The molecule has 1 aliphatic heterocycles. The molecule has 0 saturated carbocycles. The first kappa shape index (κ1) is 18.6. The number of hydrogen-bond acceptors (Lipinski definition) is 3. The molecule has 1 aliphatic rings. The van der Waals surface area contributed by atoms with Gasteiger partial charge in [-0.3, -0.25) is 4.99 Å². The summed E-state index contributed by atoms with van der Waals surface area (Å²) in [5.41, 5.74) is 6.57. The highest BCUT2D eigenvalue weighted by Crippen LogP contribution is 2.34. The molecule has 3 nitrogen and oxygen atoms in total. The summed E-state index contributed by atoms with van der Waals surface area (Å²) in [6.07, 6.45) is 0.970. The van der Waals surface area contributed by atoms with E-state index in [0.29, 0.717) is 0 Å². The van der Waals surface area contributed by atoms with E-state index in [1.54, 1.807) is 0 Å². The Hall–Kier alpha value is -3.46. The van der Waals surface area contributed by atoms with Crippen molar-refractivity contribution in [3.63, 3.8) is 0 Å². The van der Waals surface area contributed by atoms with Gasteiger partial charge in [0, 0.05) is 16.5 Å². The zero-order valence-corrected chi connectivity index (χ0v) is 17.4. The van der Waals surface area contributed by atoms with Crippen LogP contribution in [0, 0.1) is 6.92 Å². The zero-order chi connectivity index (χ0) is 20.6. The van der Waals surface area contributed by atoms with Crippen molar-refractivity contribution >= 4 is 16.7 Å². The number of benzene rings is 3. The third kappa shape index (κ3) is 2.98. The fourth-order valence-corrected chi connectivity index (χ4v) is 4.48. The van der Waals surface area contributed by atoms with E-state index in [-0.39, 0.29) is 5.54 Å². The molecule has 1 N–H and O–H groups in total. The number of nitrogens with one attached hydrogen (secondary N) is 1. The van der Waals surface area contributed by atoms with Crippen molar-refractivity contribution in [1.29, 1.82) is 0 Å². The Labute approximate surface area is 177 Å². The Bertz CT molecular complexity index is 1230. The smallest absolute Gasteiger partial charge is 0.130 e. The molecule has 0 radical (unpaired) electrons. The number of pyridine rings is 1. The van der Waals surface area contributed by atoms with Crippen LogP contribution in [0.3, 0.4) is 0 Å². The number of nitrogens with zero attached hydrogens (tertiary/aromatic N) is 2. The minimum Gasteiger partial charge on any atom is -0.358 e. The molecule has 148 valence electrons. The standard InChI is InChI=1S/C27H25N3/c1-3-27(21-14-8-5-9-15-21)18-28-26(30-27)24-19(2)25(20-12-6-4-7-13-20)29-23-17-11-10-16-22(23)24/h4-17H,3,18H2,1-2H3,(H,28,30). The van der Waals surface area contributed by atoms with Crippen LogP contribution in [-0.4, -0.2) is 17.4 Å². The van der Waals surface area contributed by atoms with Crippen LogP contribution in [0.4, 0.5) is 0 Å². The van der Waals surface area contributed by atoms with E-state index < -0.39 is 0 Å². The van der Waals surface area contributed by atoms with E-state index in [2.05, 4.69) is 92.0 Å². The van der Waals surface area contributed by atoms with Crippen molar-refractivity contribution in [2.75, 3.05) is 6.54 Å². The Morgan fingerprint density at radius 1 is 0.867 bits per heavy atom. The van der Waals surface area contributed by atoms with Crippen molar-refractivity contribution in [1.82, 2.24) is 10.3 Å². The lowest BCUT2D eigenvalue weighted by Gasteiger charge is -2.29. The first-order chi connectivity index (χ1) is 14.7. The topological polar surface area (TPSA) is 37.3 Å². The zero-order valence-electron chi connectivity index (χ0n) is 17.4. The molecule has 3 heteroatoms. The molecule has 1 aromatic heterocycles. The summed E-state index contributed by atoms with van der Waals surface area (Å²) >= 11 is 0. The first-order valence-electron chi connectivity index (χ1n) is 10.5. The minimum atomic E-state index is -0.166. The van der Waals surface area contributed by atoms with Crippen LogP contribution >= 0.6 is 0 Å². The summed E-state index contributed by atoms with van der Waals surface area (Å²) < 4.78 is 0. The Balaban J connectivity index is 1.67. The average Bonchev–Trinajstić information content (AvgIpc) is 3.25. The summed E-state index contributed by atoms with van der Waals surface area (Å²) in [6.45, 7) is 5.13. The summed E-state index contributed by atoms with van der Waals surface area (Å²) in [5, 5.41) is 4.96. The maximum atomic E-state index is 5.03. The minimum absolute atomic E-state index is 0.166. The second kappa shape index (κ2) is 7.42. The van der Waals surface area contributed by atoms with Gasteiger partial charge in [-0.2, -0.15) is 0 Å². The molecule has 0 amide bonds. The predicted molar refractivity (Wildman–Crippen MR) is 125 cm³/mol. The van der Waals surface area contributed by atoms with Gasteiger partial charge in [0.1, 0.15) is 5.84 Å². The fourth-order valence-electron chi connectivity index (χ4n) is 4.48. The Kier molecular flexibility index (Phi) is 4.59. The van der Waals surface area contributed by atoms with Crippen LogP contribution in [0.25, 0.3) is 22.2 Å². The first-order valence-corrected chi connectivity index (χ1v) is 10.5. The van der Waals surface area contributed by atoms with Gasteiger partial charge in [0.05, 0.1) is 23.3 Å². The van der Waals surface area contributed by atoms with E-state index in [9.17, 15) is 0 Å². The number of hydrogen-bond donors (Lipinski definition) is 1. The molecular formula is C27H25N3. The lowest BCUT2D eigenvalue weighted by Crippen LogP contribution is -2.43. The molecular weight excluding hydrogens is 366 g/mol. The Morgan fingerprint density at radius 3 is 2.27 bits per heavy atom. The van der Waals surface area contributed by atoms with Crippen LogP contribution in [-0.2, 0) is 5.54 Å². The van der Waals surface area contributed by atoms with Crippen LogP contribution in [0.2, 0.25) is 0 Å². The van der Waals surface area contributed by atoms with Gasteiger partial charge in [-0.1, -0.05) is 85.8 Å². The van der Waals surface area contributed by atoms with Crippen molar-refractivity contribution in [2.45, 2.75) is 25.8 Å². The van der Waals surface area contributed by atoms with Gasteiger partial charge in [0.2, 0.25) is 0 Å². The molecule has 0 fully saturated rings. The van der Waals surface area contributed by atoms with Crippen LogP contribution < -0.4 is 5.32 Å². The van der Waals surface area contributed by atoms with Crippen molar-refractivity contribution in [3.05, 3.63) is 102 Å². The predicted octanol–water partition coefficient (Wildman–Crippen LogP) is 5.87. The van der Waals surface area contributed by atoms with Crippen LogP contribution in [0.15, 0.2) is 89.9 Å². The fraction of sp³-hybridized carbons (Fsp3) is 0.185. The van der Waals surface area contributed by atoms with Gasteiger partial charge >= 0.3 is 0 Å². The lowest BCUT2D eigenvalue weighted by molar-refractivity contribution is 0.416. The number of fused-ring (bicyclic) bond motifs is 1. The summed E-state index contributed by atoms with van der Waals surface area (Å²) in [4.78, 5) is 10.0. The highest BCUT2D eigenvalue weighted by atomic mass is 15.1. The molecule has 30 heavy (non-hydrogen) atoms. The van der Waals surface area contributed by atoms with Crippen LogP contribution in [0.1, 0.15) is 30.0 Å². The average molecular weight is 392 g/mol. The van der Waals surface area contributed by atoms with Gasteiger partial charge in [0.15, 0.2) is 0 Å². The molecule has 1 atom stereocenters. The van der Waals surface area contributed by atoms with Gasteiger partial charge in [-0.15, -0.1) is 0 Å². The van der Waals surface area contributed by atoms with E-state index in [4.69, 9.17) is 9.98 Å². The number of para-hydroxylation sites is 1. The molecule has 3 aromatic carbocycles. The maximum Gasteiger partial charge on any atom is 0.130 e. The van der Waals surface area contributed by atoms with E-state index >= 15 is 0 Å². The Morgan fingerprint density at radius 2 is 1.53 bits per heavy atom. The monoisotopic (exact) mass is 391 g/mol. The van der Waals surface area contributed by atoms with Gasteiger partial charge in [-0.05, 0) is 30.5 Å². The number of rotatable bonds is 4. The number of aromatic nitrogens is 1. The quantitative estimate of drug-likeness (QED) is 0.473. The number of aliphatic imine (C=N–C) groups is 1. The SMILES string of the molecule is CCC1(c2ccccc2)CN=C(c2c(C)c(-c3ccccc3)nc3ccccc23)N1. The molecule has 0 aliphatic carbocycles. The van der Waals surface area contributed by atoms with Crippen molar-refractivity contribution in [3.8, 4) is 11.3 Å². The summed E-state index contributed by atoms with van der Waals surface area (Å²) in [5.74, 6) is 0.967. The molecule has 2 heterocycles. The summed E-state index contributed by atoms with van der Waals surface area (Å²) in [6, 6.07) is 29.4. The van der Waals surface area contributed by atoms with Crippen molar-refractivity contribution in [2.24, 2.45) is 4.99 Å². The van der Waals surface area contributed by atoms with E-state index in [1.165, 1.54) is 5.56 Å². The second-order valence-electron chi connectivity index (χ2n) is 7.94. The lowest BCUT2D eigenvalue weighted by atomic mass is 9.87. The third-order valence-corrected chi connectivity index (χ3v) is 6.21. The molecule has 0 saturated heterocycles. The molecule has 0 bridgehead atoms.